The second-order valence-electron chi connectivity index (χ2n) is 6.15. The molecule has 0 atom stereocenters. The van der Waals surface area contributed by atoms with Gasteiger partial charge in [-0.05, 0) is 31.2 Å². The topological polar surface area (TPSA) is 59.1 Å². The van der Waals surface area contributed by atoms with E-state index in [1.807, 2.05) is 49.4 Å². The van der Waals surface area contributed by atoms with Crippen LogP contribution in [0.25, 0.3) is 0 Å². The SMILES string of the molecule is Cc1ccc(OCC(=O)N2CCN(C(=O)Oc3ccccc3)CC2)cc1. The highest BCUT2D eigenvalue weighted by atomic mass is 16.6. The van der Waals surface area contributed by atoms with Crippen LogP contribution in [0.4, 0.5) is 4.79 Å². The Morgan fingerprint density at radius 3 is 2.12 bits per heavy atom. The second kappa shape index (κ2) is 8.38. The van der Waals surface area contributed by atoms with Crippen molar-refractivity contribution in [3.05, 3.63) is 60.2 Å². The first-order chi connectivity index (χ1) is 12.6. The Hall–Kier alpha value is -3.02. The van der Waals surface area contributed by atoms with Crippen molar-refractivity contribution in [1.82, 2.24) is 9.80 Å². The predicted molar refractivity (Wildman–Crippen MR) is 97.3 cm³/mol. The molecular weight excluding hydrogens is 332 g/mol. The zero-order chi connectivity index (χ0) is 18.4. The highest BCUT2D eigenvalue weighted by Gasteiger charge is 2.25. The summed E-state index contributed by atoms with van der Waals surface area (Å²) in [6.45, 7) is 3.83. The van der Waals surface area contributed by atoms with Gasteiger partial charge in [-0.2, -0.15) is 0 Å². The van der Waals surface area contributed by atoms with Crippen molar-refractivity contribution >= 4 is 12.0 Å². The Morgan fingerprint density at radius 1 is 0.846 bits per heavy atom. The largest absolute Gasteiger partial charge is 0.484 e. The van der Waals surface area contributed by atoms with Crippen molar-refractivity contribution in [2.45, 2.75) is 6.92 Å². The number of hydrogen-bond acceptors (Lipinski definition) is 4. The minimum Gasteiger partial charge on any atom is -0.484 e. The molecule has 1 fully saturated rings. The van der Waals surface area contributed by atoms with Gasteiger partial charge < -0.3 is 19.3 Å². The van der Waals surface area contributed by atoms with Crippen molar-refractivity contribution < 1.29 is 19.1 Å². The standard InChI is InChI=1S/C20H22N2O4/c1-16-7-9-17(10-8-16)25-15-19(23)21-11-13-22(14-12-21)20(24)26-18-5-3-2-4-6-18/h2-10H,11-15H2,1H3. The average Bonchev–Trinajstić information content (AvgIpc) is 2.68. The fourth-order valence-electron chi connectivity index (χ4n) is 2.66. The Labute approximate surface area is 152 Å². The molecule has 0 radical (unpaired) electrons. The van der Waals surface area contributed by atoms with Crippen LogP contribution < -0.4 is 9.47 Å². The summed E-state index contributed by atoms with van der Waals surface area (Å²) in [4.78, 5) is 27.7. The average molecular weight is 354 g/mol. The fraction of sp³-hybridized carbons (Fsp3) is 0.300. The Morgan fingerprint density at radius 2 is 1.46 bits per heavy atom. The van der Waals surface area contributed by atoms with Gasteiger partial charge in [-0.15, -0.1) is 0 Å². The zero-order valence-electron chi connectivity index (χ0n) is 14.8. The van der Waals surface area contributed by atoms with Crippen LogP contribution >= 0.6 is 0 Å². The number of carbonyl (C=O) groups is 2. The van der Waals surface area contributed by atoms with Crippen molar-refractivity contribution in [2.75, 3.05) is 32.8 Å². The Bertz CT molecular complexity index is 738. The lowest BCUT2D eigenvalue weighted by Gasteiger charge is -2.34. The zero-order valence-corrected chi connectivity index (χ0v) is 14.8. The number of benzene rings is 2. The number of aryl methyl sites for hydroxylation is 1. The summed E-state index contributed by atoms with van der Waals surface area (Å²) in [6, 6.07) is 16.5. The third-order valence-corrected chi connectivity index (χ3v) is 4.22. The van der Waals surface area contributed by atoms with Crippen LogP contribution in [-0.2, 0) is 4.79 Å². The van der Waals surface area contributed by atoms with Gasteiger partial charge in [-0.3, -0.25) is 4.79 Å². The van der Waals surface area contributed by atoms with Gasteiger partial charge in [0.15, 0.2) is 6.61 Å². The highest BCUT2D eigenvalue weighted by Crippen LogP contribution is 2.13. The first-order valence-electron chi connectivity index (χ1n) is 8.61. The minimum absolute atomic E-state index is 0.00246. The van der Waals surface area contributed by atoms with Crippen molar-refractivity contribution in [2.24, 2.45) is 0 Å². The lowest BCUT2D eigenvalue weighted by atomic mass is 10.2. The summed E-state index contributed by atoms with van der Waals surface area (Å²) in [5, 5.41) is 0. The monoisotopic (exact) mass is 354 g/mol. The number of piperazine rings is 1. The normalized spacial score (nSPS) is 14.0. The van der Waals surface area contributed by atoms with Gasteiger partial charge in [0.2, 0.25) is 0 Å². The molecule has 0 aromatic heterocycles. The van der Waals surface area contributed by atoms with E-state index in [0.717, 1.165) is 5.56 Å². The molecule has 2 aromatic rings. The molecular formula is C20H22N2O4. The van der Waals surface area contributed by atoms with Gasteiger partial charge in [0.25, 0.3) is 5.91 Å². The molecule has 1 aliphatic rings. The van der Waals surface area contributed by atoms with Crippen LogP contribution in [0.1, 0.15) is 5.56 Å². The van der Waals surface area contributed by atoms with Crippen LogP contribution in [0.2, 0.25) is 0 Å². The maximum Gasteiger partial charge on any atom is 0.415 e. The third kappa shape index (κ3) is 4.75. The molecule has 0 aliphatic carbocycles. The van der Waals surface area contributed by atoms with E-state index < -0.39 is 0 Å². The minimum atomic E-state index is -0.390. The number of rotatable bonds is 4. The van der Waals surface area contributed by atoms with E-state index in [1.165, 1.54) is 0 Å². The van der Waals surface area contributed by atoms with E-state index in [1.54, 1.807) is 21.9 Å². The van der Waals surface area contributed by atoms with E-state index in [4.69, 9.17) is 9.47 Å². The third-order valence-electron chi connectivity index (χ3n) is 4.22. The molecule has 136 valence electrons. The second-order valence-corrected chi connectivity index (χ2v) is 6.15. The number of nitrogens with zero attached hydrogens (tertiary/aromatic N) is 2. The van der Waals surface area contributed by atoms with Gasteiger partial charge in [-0.1, -0.05) is 35.9 Å². The molecule has 0 N–H and O–H groups in total. The van der Waals surface area contributed by atoms with E-state index in [2.05, 4.69) is 0 Å². The molecule has 3 rings (SSSR count). The van der Waals surface area contributed by atoms with Gasteiger partial charge >= 0.3 is 6.09 Å². The summed E-state index contributed by atoms with van der Waals surface area (Å²) in [7, 11) is 0. The predicted octanol–water partition coefficient (Wildman–Crippen LogP) is 2.72. The summed E-state index contributed by atoms with van der Waals surface area (Å²) >= 11 is 0. The number of amides is 2. The fourth-order valence-corrected chi connectivity index (χ4v) is 2.66. The summed E-state index contributed by atoms with van der Waals surface area (Å²) in [6.07, 6.45) is -0.390. The molecule has 1 saturated heterocycles. The smallest absolute Gasteiger partial charge is 0.415 e. The molecule has 0 saturated carbocycles. The first-order valence-corrected chi connectivity index (χ1v) is 8.61. The Kier molecular flexibility index (Phi) is 5.73. The van der Waals surface area contributed by atoms with Crippen LogP contribution in [0, 0.1) is 6.92 Å². The molecule has 1 heterocycles. The molecule has 26 heavy (non-hydrogen) atoms. The summed E-state index contributed by atoms with van der Waals surface area (Å²) in [5.74, 6) is 1.11. The van der Waals surface area contributed by atoms with Crippen molar-refractivity contribution in [3.8, 4) is 11.5 Å². The van der Waals surface area contributed by atoms with Crippen LogP contribution in [0.5, 0.6) is 11.5 Å². The van der Waals surface area contributed by atoms with Crippen LogP contribution in [0.15, 0.2) is 54.6 Å². The van der Waals surface area contributed by atoms with Crippen LogP contribution in [-0.4, -0.2) is 54.6 Å². The van der Waals surface area contributed by atoms with E-state index >= 15 is 0 Å². The molecule has 1 aliphatic heterocycles. The van der Waals surface area contributed by atoms with Crippen LogP contribution in [0.3, 0.4) is 0 Å². The van der Waals surface area contributed by atoms with E-state index in [9.17, 15) is 9.59 Å². The lowest BCUT2D eigenvalue weighted by Crippen LogP contribution is -2.52. The molecule has 6 nitrogen and oxygen atoms in total. The quantitative estimate of drug-likeness (QED) is 0.847. The molecule has 0 spiro atoms. The highest BCUT2D eigenvalue weighted by molar-refractivity contribution is 5.78. The van der Waals surface area contributed by atoms with Gasteiger partial charge in [0.05, 0.1) is 0 Å². The summed E-state index contributed by atoms with van der Waals surface area (Å²) < 4.78 is 10.9. The number of carbonyl (C=O) groups excluding carboxylic acids is 2. The van der Waals surface area contributed by atoms with E-state index in [-0.39, 0.29) is 18.6 Å². The molecule has 0 bridgehead atoms. The Balaban J connectivity index is 1.43. The van der Waals surface area contributed by atoms with Crippen molar-refractivity contribution in [1.29, 1.82) is 0 Å². The first kappa shape index (κ1) is 17.8. The molecule has 6 heteroatoms. The van der Waals surface area contributed by atoms with Gasteiger partial charge in [-0.25, -0.2) is 4.79 Å². The molecule has 0 unspecified atom stereocenters. The van der Waals surface area contributed by atoms with Gasteiger partial charge in [0.1, 0.15) is 11.5 Å². The number of ether oxygens (including phenoxy) is 2. The van der Waals surface area contributed by atoms with Gasteiger partial charge in [0, 0.05) is 26.2 Å². The molecule has 2 amide bonds. The van der Waals surface area contributed by atoms with E-state index in [0.29, 0.717) is 37.7 Å². The molecule has 2 aromatic carbocycles. The number of para-hydroxylation sites is 1. The number of hydrogen-bond donors (Lipinski definition) is 0. The maximum atomic E-state index is 12.3. The lowest BCUT2D eigenvalue weighted by molar-refractivity contribution is -0.134. The van der Waals surface area contributed by atoms with Crippen molar-refractivity contribution in [3.63, 3.8) is 0 Å². The summed E-state index contributed by atoms with van der Waals surface area (Å²) in [5.41, 5.74) is 1.14. The maximum absolute atomic E-state index is 12.3.